The van der Waals surface area contributed by atoms with Crippen molar-refractivity contribution in [2.24, 2.45) is 0 Å². The van der Waals surface area contributed by atoms with Gasteiger partial charge < -0.3 is 9.47 Å². The minimum atomic E-state index is -3.92. The van der Waals surface area contributed by atoms with E-state index < -0.39 is 15.8 Å². The van der Waals surface area contributed by atoms with Crippen LogP contribution < -0.4 is 0 Å². The molecule has 2 bridgehead atoms. The highest BCUT2D eigenvalue weighted by atomic mass is 32.2. The van der Waals surface area contributed by atoms with Gasteiger partial charge >= 0.3 is 0 Å². The van der Waals surface area contributed by atoms with Gasteiger partial charge in [0.05, 0.1) is 30.5 Å². The van der Waals surface area contributed by atoms with Crippen molar-refractivity contribution in [3.63, 3.8) is 0 Å². The summed E-state index contributed by atoms with van der Waals surface area (Å²) in [6.07, 6.45) is 3.58. The van der Waals surface area contributed by atoms with Crippen molar-refractivity contribution < 1.29 is 22.3 Å². The van der Waals surface area contributed by atoms with Crippen LogP contribution in [0.15, 0.2) is 23.1 Å². The highest BCUT2D eigenvalue weighted by Crippen LogP contribution is 2.42. The van der Waals surface area contributed by atoms with E-state index in [1.807, 2.05) is 6.07 Å². The number of sulfonamides is 1. The summed E-state index contributed by atoms with van der Waals surface area (Å²) in [4.78, 5) is 2.26. The number of nitriles is 1. The van der Waals surface area contributed by atoms with Gasteiger partial charge in [-0.25, -0.2) is 12.8 Å². The number of fused-ring (bicyclic) bond motifs is 2. The van der Waals surface area contributed by atoms with Gasteiger partial charge in [-0.05, 0) is 43.9 Å². The fourth-order valence-electron chi connectivity index (χ4n) is 5.33. The van der Waals surface area contributed by atoms with Crippen molar-refractivity contribution in [2.75, 3.05) is 32.8 Å². The molecule has 0 saturated carbocycles. The molecule has 0 aromatic heterocycles. The van der Waals surface area contributed by atoms with E-state index in [1.165, 1.54) is 10.4 Å². The Kier molecular flexibility index (Phi) is 4.68. The molecule has 9 heteroatoms. The number of nitrogens with zero attached hydrogens (tertiary/aromatic N) is 3. The molecule has 156 valence electrons. The molecule has 5 rings (SSSR count). The number of likely N-dealkylation sites (tertiary alicyclic amines) is 1. The van der Waals surface area contributed by atoms with Crippen LogP contribution in [0.3, 0.4) is 0 Å². The zero-order valence-electron chi connectivity index (χ0n) is 16.1. The number of piperidine rings is 1. The number of rotatable bonds is 3. The molecule has 4 aliphatic heterocycles. The molecule has 0 aliphatic carbocycles. The van der Waals surface area contributed by atoms with E-state index in [2.05, 4.69) is 4.90 Å². The van der Waals surface area contributed by atoms with Crippen LogP contribution in [0.25, 0.3) is 0 Å². The molecule has 0 radical (unpaired) electrons. The Hall–Kier alpha value is -1.57. The SMILES string of the molecule is N#Cc1ccc(F)cc1S(=O)(=O)N1CCC2(CC1)CC(N1C[C@H]3C[C@@H]1CO3)CO2. The molecule has 29 heavy (non-hydrogen) atoms. The van der Waals surface area contributed by atoms with Crippen molar-refractivity contribution in [1.82, 2.24) is 9.21 Å². The average Bonchev–Trinajstić information content (AvgIpc) is 3.44. The lowest BCUT2D eigenvalue weighted by atomic mass is 9.88. The quantitative estimate of drug-likeness (QED) is 0.735. The molecule has 1 unspecified atom stereocenters. The molecule has 0 amide bonds. The molecular weight excluding hydrogens is 397 g/mol. The van der Waals surface area contributed by atoms with Gasteiger partial charge in [-0.2, -0.15) is 9.57 Å². The minimum absolute atomic E-state index is 0.0322. The first-order chi connectivity index (χ1) is 13.9. The van der Waals surface area contributed by atoms with Gasteiger partial charge in [0, 0.05) is 31.7 Å². The summed E-state index contributed by atoms with van der Waals surface area (Å²) in [7, 11) is -3.92. The third-order valence-electron chi connectivity index (χ3n) is 6.92. The Bertz CT molecular complexity index is 955. The largest absolute Gasteiger partial charge is 0.375 e. The van der Waals surface area contributed by atoms with Gasteiger partial charge in [-0.1, -0.05) is 0 Å². The van der Waals surface area contributed by atoms with Crippen LogP contribution >= 0.6 is 0 Å². The first kappa shape index (κ1) is 19.4. The Morgan fingerprint density at radius 3 is 2.66 bits per heavy atom. The molecule has 0 N–H and O–H groups in total. The van der Waals surface area contributed by atoms with Crippen LogP contribution in [-0.4, -0.2) is 74.3 Å². The topological polar surface area (TPSA) is 82.9 Å². The highest BCUT2D eigenvalue weighted by molar-refractivity contribution is 7.89. The number of ether oxygens (including phenoxy) is 2. The van der Waals surface area contributed by atoms with Gasteiger partial charge in [0.2, 0.25) is 10.0 Å². The van der Waals surface area contributed by atoms with E-state index in [-0.39, 0.29) is 16.1 Å². The number of hydrogen-bond donors (Lipinski definition) is 0. The maximum Gasteiger partial charge on any atom is 0.244 e. The van der Waals surface area contributed by atoms with Crippen molar-refractivity contribution in [1.29, 1.82) is 5.26 Å². The standard InChI is InChI=1S/C20H24FN3O4S/c21-15-2-1-14(10-22)19(7-15)29(25,26)23-5-3-20(4-6-23)9-17(13-28-20)24-11-18-8-16(24)12-27-18/h1-2,7,16-18H,3-6,8-9,11-13H2/t16-,17?,18-/m1/s1. The van der Waals surface area contributed by atoms with Gasteiger partial charge in [0.1, 0.15) is 16.8 Å². The summed E-state index contributed by atoms with van der Waals surface area (Å²) >= 11 is 0. The van der Waals surface area contributed by atoms with Crippen molar-refractivity contribution in [2.45, 2.75) is 54.4 Å². The second-order valence-corrected chi connectivity index (χ2v) is 10.5. The monoisotopic (exact) mass is 421 g/mol. The van der Waals surface area contributed by atoms with E-state index in [0.29, 0.717) is 50.7 Å². The molecule has 4 saturated heterocycles. The number of hydrogen-bond acceptors (Lipinski definition) is 6. The third kappa shape index (κ3) is 3.27. The Morgan fingerprint density at radius 1 is 1.21 bits per heavy atom. The maximum atomic E-state index is 13.7. The van der Waals surface area contributed by atoms with Crippen LogP contribution in [0.1, 0.15) is 31.2 Å². The van der Waals surface area contributed by atoms with E-state index in [0.717, 1.165) is 38.1 Å². The number of halogens is 1. The minimum Gasteiger partial charge on any atom is -0.375 e. The van der Waals surface area contributed by atoms with Crippen LogP contribution in [0, 0.1) is 17.1 Å². The smallest absolute Gasteiger partial charge is 0.244 e. The van der Waals surface area contributed by atoms with Gasteiger partial charge in [-0.15, -0.1) is 0 Å². The predicted molar refractivity (Wildman–Crippen MR) is 101 cm³/mol. The first-order valence-electron chi connectivity index (χ1n) is 10.1. The van der Waals surface area contributed by atoms with Crippen LogP contribution in [-0.2, 0) is 19.5 Å². The molecule has 1 spiro atoms. The second kappa shape index (κ2) is 7.00. The molecule has 7 nitrogen and oxygen atoms in total. The Morgan fingerprint density at radius 2 is 2.00 bits per heavy atom. The summed E-state index contributed by atoms with van der Waals surface area (Å²) in [5.41, 5.74) is -0.325. The van der Waals surface area contributed by atoms with E-state index in [4.69, 9.17) is 9.47 Å². The van der Waals surface area contributed by atoms with Gasteiger partial charge in [0.15, 0.2) is 0 Å². The van der Waals surface area contributed by atoms with Crippen LogP contribution in [0.5, 0.6) is 0 Å². The zero-order chi connectivity index (χ0) is 20.2. The lowest BCUT2D eigenvalue weighted by Crippen LogP contribution is -2.48. The lowest BCUT2D eigenvalue weighted by molar-refractivity contribution is -0.0330. The van der Waals surface area contributed by atoms with E-state index in [9.17, 15) is 18.1 Å². The third-order valence-corrected chi connectivity index (χ3v) is 8.86. The Labute approximate surface area is 170 Å². The predicted octanol–water partition coefficient (Wildman–Crippen LogP) is 1.48. The van der Waals surface area contributed by atoms with Crippen molar-refractivity contribution in [3.05, 3.63) is 29.6 Å². The van der Waals surface area contributed by atoms with Crippen LogP contribution in [0.2, 0.25) is 0 Å². The fraction of sp³-hybridized carbons (Fsp3) is 0.650. The molecule has 4 heterocycles. The number of morpholine rings is 1. The summed E-state index contributed by atoms with van der Waals surface area (Å²) < 4.78 is 53.0. The normalized spacial score (nSPS) is 32.1. The van der Waals surface area contributed by atoms with E-state index >= 15 is 0 Å². The maximum absolute atomic E-state index is 13.7. The van der Waals surface area contributed by atoms with E-state index in [1.54, 1.807) is 0 Å². The molecule has 4 aliphatic rings. The van der Waals surface area contributed by atoms with Crippen molar-refractivity contribution >= 4 is 10.0 Å². The Balaban J connectivity index is 1.27. The number of benzene rings is 1. The molecule has 1 aromatic rings. The molecule has 4 fully saturated rings. The van der Waals surface area contributed by atoms with Crippen LogP contribution in [0.4, 0.5) is 4.39 Å². The summed E-state index contributed by atoms with van der Waals surface area (Å²) in [5, 5.41) is 9.23. The lowest BCUT2D eigenvalue weighted by Gasteiger charge is -2.38. The first-order valence-corrected chi connectivity index (χ1v) is 11.6. The average molecular weight is 421 g/mol. The molecule has 1 aromatic carbocycles. The molecular formula is C20H24FN3O4S. The van der Waals surface area contributed by atoms with Gasteiger partial charge in [0.25, 0.3) is 0 Å². The molecule has 3 atom stereocenters. The summed E-state index contributed by atoms with van der Waals surface area (Å²) in [5.74, 6) is -0.665. The highest BCUT2D eigenvalue weighted by Gasteiger charge is 2.50. The summed E-state index contributed by atoms with van der Waals surface area (Å²) in [6.45, 7) is 3.07. The second-order valence-electron chi connectivity index (χ2n) is 8.55. The zero-order valence-corrected chi connectivity index (χ0v) is 16.9. The van der Waals surface area contributed by atoms with Gasteiger partial charge in [-0.3, -0.25) is 4.90 Å². The fourth-order valence-corrected chi connectivity index (χ4v) is 6.93. The van der Waals surface area contributed by atoms with Crippen molar-refractivity contribution in [3.8, 4) is 6.07 Å². The summed E-state index contributed by atoms with van der Waals surface area (Å²) in [6, 6.07) is 5.96.